The molecular formula is C17H20ClF3N2O3. The number of amides is 1. The van der Waals surface area contributed by atoms with Crippen LogP contribution in [0.5, 0.6) is 0 Å². The van der Waals surface area contributed by atoms with Crippen LogP contribution in [0.2, 0.25) is 5.02 Å². The van der Waals surface area contributed by atoms with Gasteiger partial charge in [-0.2, -0.15) is 13.2 Å². The first-order chi connectivity index (χ1) is 12.1. The fourth-order valence-corrected chi connectivity index (χ4v) is 3.51. The van der Waals surface area contributed by atoms with Gasteiger partial charge in [0.05, 0.1) is 0 Å². The van der Waals surface area contributed by atoms with E-state index in [1.165, 1.54) is 25.7 Å². The van der Waals surface area contributed by atoms with Crippen LogP contribution in [0.1, 0.15) is 36.0 Å². The molecular weight excluding hydrogens is 373 g/mol. The number of rotatable bonds is 1. The molecule has 26 heavy (non-hydrogen) atoms. The number of alkyl halides is 3. The molecule has 2 N–H and O–H groups in total. The molecule has 1 aliphatic carbocycles. The third kappa shape index (κ3) is 5.35. The molecule has 0 radical (unpaired) electrons. The molecule has 1 saturated heterocycles. The quantitative estimate of drug-likeness (QED) is 0.769. The second kappa shape index (κ2) is 8.26. The van der Waals surface area contributed by atoms with Crippen LogP contribution in [-0.4, -0.2) is 53.2 Å². The van der Waals surface area contributed by atoms with Gasteiger partial charge in [0.25, 0.3) is 5.91 Å². The van der Waals surface area contributed by atoms with Gasteiger partial charge >= 0.3 is 12.1 Å². The summed E-state index contributed by atoms with van der Waals surface area (Å²) >= 11 is 5.97. The molecule has 1 aliphatic heterocycles. The number of carbonyl (C=O) groups is 2. The smallest absolute Gasteiger partial charge is 0.475 e. The third-order valence-corrected chi connectivity index (χ3v) is 4.77. The maximum atomic E-state index is 12.5. The molecule has 1 amide bonds. The summed E-state index contributed by atoms with van der Waals surface area (Å²) in [5.41, 5.74) is 0.870. The average Bonchev–Trinajstić information content (AvgIpc) is 3.01. The SMILES string of the molecule is O=C(O)C(F)(F)F.O=C(c1cccc(Cl)c1)N1CCNC2(CCCC2)C1. The van der Waals surface area contributed by atoms with Crippen molar-refractivity contribution in [1.29, 1.82) is 0 Å². The lowest BCUT2D eigenvalue weighted by Gasteiger charge is -2.41. The summed E-state index contributed by atoms with van der Waals surface area (Å²) in [6.45, 7) is 2.51. The van der Waals surface area contributed by atoms with Gasteiger partial charge in [0.1, 0.15) is 0 Å². The average molecular weight is 393 g/mol. The van der Waals surface area contributed by atoms with E-state index in [-0.39, 0.29) is 11.4 Å². The van der Waals surface area contributed by atoms with Gasteiger partial charge in [-0.25, -0.2) is 4.79 Å². The minimum absolute atomic E-state index is 0.107. The molecule has 1 aromatic carbocycles. The van der Waals surface area contributed by atoms with Crippen molar-refractivity contribution >= 4 is 23.5 Å². The van der Waals surface area contributed by atoms with E-state index in [1.807, 2.05) is 17.0 Å². The van der Waals surface area contributed by atoms with Crippen LogP contribution in [0.15, 0.2) is 24.3 Å². The summed E-state index contributed by atoms with van der Waals surface area (Å²) in [5.74, 6) is -2.65. The molecule has 0 aromatic heterocycles. The number of benzene rings is 1. The largest absolute Gasteiger partial charge is 0.490 e. The second-order valence-corrected chi connectivity index (χ2v) is 6.89. The summed E-state index contributed by atoms with van der Waals surface area (Å²) in [6, 6.07) is 7.24. The number of carboxylic acid groups (broad SMARTS) is 1. The van der Waals surface area contributed by atoms with Gasteiger partial charge in [-0.05, 0) is 31.0 Å². The molecule has 0 unspecified atom stereocenters. The Balaban J connectivity index is 0.000000298. The fourth-order valence-electron chi connectivity index (χ4n) is 3.32. The highest BCUT2D eigenvalue weighted by atomic mass is 35.5. The molecule has 1 aromatic rings. The van der Waals surface area contributed by atoms with Crippen molar-refractivity contribution in [1.82, 2.24) is 10.2 Å². The van der Waals surface area contributed by atoms with E-state index in [0.717, 1.165) is 19.6 Å². The molecule has 1 heterocycles. The van der Waals surface area contributed by atoms with Gasteiger partial charge in [-0.3, -0.25) is 4.79 Å². The first-order valence-electron chi connectivity index (χ1n) is 8.23. The van der Waals surface area contributed by atoms with Crippen LogP contribution in [0.3, 0.4) is 0 Å². The summed E-state index contributed by atoms with van der Waals surface area (Å²) in [7, 11) is 0. The topological polar surface area (TPSA) is 69.6 Å². The predicted molar refractivity (Wildman–Crippen MR) is 90.2 cm³/mol. The van der Waals surface area contributed by atoms with E-state index in [0.29, 0.717) is 10.6 Å². The lowest BCUT2D eigenvalue weighted by Crippen LogP contribution is -2.60. The fraction of sp³-hybridized carbons (Fsp3) is 0.529. The summed E-state index contributed by atoms with van der Waals surface area (Å²) in [6.07, 6.45) is -0.170. The Morgan fingerprint density at radius 2 is 1.85 bits per heavy atom. The number of nitrogens with one attached hydrogen (secondary N) is 1. The zero-order valence-electron chi connectivity index (χ0n) is 14.0. The lowest BCUT2D eigenvalue weighted by atomic mass is 9.94. The van der Waals surface area contributed by atoms with Crippen molar-refractivity contribution < 1.29 is 27.9 Å². The number of piperazine rings is 1. The van der Waals surface area contributed by atoms with E-state index in [2.05, 4.69) is 5.32 Å². The van der Waals surface area contributed by atoms with E-state index < -0.39 is 12.1 Å². The monoisotopic (exact) mass is 392 g/mol. The zero-order chi connectivity index (χ0) is 19.4. The Morgan fingerprint density at radius 1 is 1.23 bits per heavy atom. The molecule has 5 nitrogen and oxygen atoms in total. The molecule has 9 heteroatoms. The van der Waals surface area contributed by atoms with E-state index >= 15 is 0 Å². The zero-order valence-corrected chi connectivity index (χ0v) is 14.7. The van der Waals surface area contributed by atoms with E-state index in [9.17, 15) is 18.0 Å². The van der Waals surface area contributed by atoms with Gasteiger partial charge in [0.2, 0.25) is 0 Å². The van der Waals surface area contributed by atoms with E-state index in [4.69, 9.17) is 21.5 Å². The summed E-state index contributed by atoms with van der Waals surface area (Å²) < 4.78 is 31.7. The highest BCUT2D eigenvalue weighted by Crippen LogP contribution is 2.32. The van der Waals surface area contributed by atoms with Crippen LogP contribution >= 0.6 is 11.6 Å². The number of carboxylic acids is 1. The van der Waals surface area contributed by atoms with Crippen molar-refractivity contribution in [2.45, 2.75) is 37.4 Å². The molecule has 3 rings (SSSR count). The first-order valence-corrected chi connectivity index (χ1v) is 8.61. The molecule has 144 valence electrons. The van der Waals surface area contributed by atoms with Gasteiger partial charge in [0, 0.05) is 35.8 Å². The number of hydrogen-bond donors (Lipinski definition) is 2. The van der Waals surface area contributed by atoms with Crippen molar-refractivity contribution in [2.75, 3.05) is 19.6 Å². The highest BCUT2D eigenvalue weighted by Gasteiger charge is 2.39. The Morgan fingerprint density at radius 3 is 2.38 bits per heavy atom. The number of hydrogen-bond acceptors (Lipinski definition) is 3. The molecule has 1 spiro atoms. The van der Waals surface area contributed by atoms with Gasteiger partial charge < -0.3 is 15.3 Å². The van der Waals surface area contributed by atoms with Gasteiger partial charge in [-0.15, -0.1) is 0 Å². The summed E-state index contributed by atoms with van der Waals surface area (Å²) in [4.78, 5) is 23.4. The summed E-state index contributed by atoms with van der Waals surface area (Å²) in [5, 5.41) is 11.4. The van der Waals surface area contributed by atoms with Gasteiger partial charge in [-0.1, -0.05) is 30.5 Å². The Kier molecular flexibility index (Phi) is 6.52. The normalized spacial score (nSPS) is 19.0. The van der Waals surface area contributed by atoms with Crippen LogP contribution in [-0.2, 0) is 4.79 Å². The molecule has 2 fully saturated rings. The lowest BCUT2D eigenvalue weighted by molar-refractivity contribution is -0.192. The van der Waals surface area contributed by atoms with Crippen LogP contribution in [0.4, 0.5) is 13.2 Å². The highest BCUT2D eigenvalue weighted by molar-refractivity contribution is 6.30. The first kappa shape index (κ1) is 20.5. The molecule has 1 saturated carbocycles. The van der Waals surface area contributed by atoms with E-state index in [1.54, 1.807) is 12.1 Å². The maximum Gasteiger partial charge on any atom is 0.490 e. The van der Waals surface area contributed by atoms with Crippen LogP contribution in [0.25, 0.3) is 0 Å². The molecule has 2 aliphatic rings. The Hall–Kier alpha value is -1.80. The van der Waals surface area contributed by atoms with Crippen molar-refractivity contribution in [3.8, 4) is 0 Å². The van der Waals surface area contributed by atoms with Crippen molar-refractivity contribution in [3.63, 3.8) is 0 Å². The second-order valence-electron chi connectivity index (χ2n) is 6.45. The number of nitrogens with zero attached hydrogens (tertiary/aromatic N) is 1. The minimum Gasteiger partial charge on any atom is -0.475 e. The van der Waals surface area contributed by atoms with Gasteiger partial charge in [0.15, 0.2) is 0 Å². The predicted octanol–water partition coefficient (Wildman–Crippen LogP) is 3.33. The van der Waals surface area contributed by atoms with Crippen molar-refractivity contribution in [2.24, 2.45) is 0 Å². The van der Waals surface area contributed by atoms with Crippen LogP contribution in [0, 0.1) is 0 Å². The van der Waals surface area contributed by atoms with Crippen LogP contribution < -0.4 is 5.32 Å². The maximum absolute atomic E-state index is 12.5. The standard InChI is InChI=1S/C15H19ClN2O.C2HF3O2/c16-13-5-3-4-12(10-13)14(19)18-9-8-17-15(11-18)6-1-2-7-15;3-2(4,5)1(6)7/h3-5,10,17H,1-2,6-9,11H2;(H,6,7). The Bertz CT molecular complexity index is 661. The number of halogens is 4. The number of carbonyl (C=O) groups excluding carboxylic acids is 1. The third-order valence-electron chi connectivity index (χ3n) is 4.54. The number of aliphatic carboxylic acids is 1. The Labute approximate surface area is 154 Å². The van der Waals surface area contributed by atoms with Crippen molar-refractivity contribution in [3.05, 3.63) is 34.9 Å². The molecule has 0 bridgehead atoms. The molecule has 0 atom stereocenters. The minimum atomic E-state index is -5.08.